The number of aromatic nitrogens is 2. The number of nitrogen functional groups attached to an aromatic ring is 1. The van der Waals surface area contributed by atoms with Crippen molar-refractivity contribution in [2.75, 3.05) is 5.73 Å². The second kappa shape index (κ2) is 4.57. The fourth-order valence-electron chi connectivity index (χ4n) is 2.17. The third-order valence-corrected chi connectivity index (χ3v) is 3.40. The quantitative estimate of drug-likeness (QED) is 0.866. The highest BCUT2D eigenvalue weighted by atomic mass is 79.9. The van der Waals surface area contributed by atoms with Gasteiger partial charge in [0.1, 0.15) is 12.1 Å². The van der Waals surface area contributed by atoms with Crippen LogP contribution in [-0.2, 0) is 12.8 Å². The van der Waals surface area contributed by atoms with Gasteiger partial charge in [0.15, 0.2) is 0 Å². The van der Waals surface area contributed by atoms with E-state index in [2.05, 4.69) is 25.9 Å². The summed E-state index contributed by atoms with van der Waals surface area (Å²) in [6.45, 7) is 0. The summed E-state index contributed by atoms with van der Waals surface area (Å²) in [5.74, 6) is 1.34. The standard InChI is InChI=1S/C13H12BrN3O/c14-8-4-9(15)6-10(5-8)18-13-11-2-1-3-12(11)16-7-17-13/h4-7H,1-3,15H2. The molecular formula is C13H12BrN3O. The van der Waals surface area contributed by atoms with Crippen LogP contribution in [0.5, 0.6) is 11.6 Å². The number of rotatable bonds is 2. The zero-order chi connectivity index (χ0) is 12.5. The van der Waals surface area contributed by atoms with E-state index in [9.17, 15) is 0 Å². The van der Waals surface area contributed by atoms with E-state index < -0.39 is 0 Å². The molecule has 4 nitrogen and oxygen atoms in total. The van der Waals surface area contributed by atoms with Crippen LogP contribution in [-0.4, -0.2) is 9.97 Å². The predicted molar refractivity (Wildman–Crippen MR) is 72.7 cm³/mol. The monoisotopic (exact) mass is 305 g/mol. The Morgan fingerprint density at radius 1 is 1.17 bits per heavy atom. The number of nitrogens with two attached hydrogens (primary N) is 1. The molecule has 0 amide bonds. The van der Waals surface area contributed by atoms with Crippen LogP contribution >= 0.6 is 15.9 Å². The Labute approximate surface area is 113 Å². The highest BCUT2D eigenvalue weighted by molar-refractivity contribution is 9.10. The number of benzene rings is 1. The summed E-state index contributed by atoms with van der Waals surface area (Å²) >= 11 is 3.40. The van der Waals surface area contributed by atoms with Crippen LogP contribution in [0.1, 0.15) is 17.7 Å². The zero-order valence-electron chi connectivity index (χ0n) is 9.69. The zero-order valence-corrected chi connectivity index (χ0v) is 11.3. The lowest BCUT2D eigenvalue weighted by Crippen LogP contribution is -1.97. The molecule has 0 saturated heterocycles. The molecule has 1 aromatic carbocycles. The van der Waals surface area contributed by atoms with Gasteiger partial charge in [-0.1, -0.05) is 15.9 Å². The minimum absolute atomic E-state index is 0.648. The van der Waals surface area contributed by atoms with Crippen molar-refractivity contribution in [2.24, 2.45) is 0 Å². The van der Waals surface area contributed by atoms with Crippen molar-refractivity contribution in [1.29, 1.82) is 0 Å². The van der Waals surface area contributed by atoms with Crippen LogP contribution in [0.25, 0.3) is 0 Å². The van der Waals surface area contributed by atoms with Crippen molar-refractivity contribution in [3.05, 3.63) is 40.3 Å². The number of hydrogen-bond acceptors (Lipinski definition) is 4. The summed E-state index contributed by atoms with van der Waals surface area (Å²) in [7, 11) is 0. The van der Waals surface area contributed by atoms with Crippen LogP contribution in [0.3, 0.4) is 0 Å². The number of ether oxygens (including phenoxy) is 1. The van der Waals surface area contributed by atoms with E-state index in [0.717, 1.165) is 35.0 Å². The molecule has 1 heterocycles. The van der Waals surface area contributed by atoms with Crippen molar-refractivity contribution in [3.63, 3.8) is 0 Å². The highest BCUT2D eigenvalue weighted by Crippen LogP contribution is 2.32. The van der Waals surface area contributed by atoms with Crippen molar-refractivity contribution >= 4 is 21.6 Å². The summed E-state index contributed by atoms with van der Waals surface area (Å²) in [6, 6.07) is 5.49. The topological polar surface area (TPSA) is 61.0 Å². The average Bonchev–Trinajstić information content (AvgIpc) is 2.76. The van der Waals surface area contributed by atoms with Gasteiger partial charge in [0.2, 0.25) is 5.88 Å². The van der Waals surface area contributed by atoms with Gasteiger partial charge in [-0.2, -0.15) is 0 Å². The van der Waals surface area contributed by atoms with Crippen LogP contribution < -0.4 is 10.5 Å². The van der Waals surface area contributed by atoms with Crippen molar-refractivity contribution in [1.82, 2.24) is 9.97 Å². The summed E-state index contributed by atoms with van der Waals surface area (Å²) in [5, 5.41) is 0. The molecule has 0 fully saturated rings. The van der Waals surface area contributed by atoms with E-state index in [1.807, 2.05) is 12.1 Å². The first-order valence-electron chi connectivity index (χ1n) is 5.79. The number of nitrogens with zero attached hydrogens (tertiary/aromatic N) is 2. The summed E-state index contributed by atoms with van der Waals surface area (Å²) < 4.78 is 6.71. The Bertz CT molecular complexity index is 581. The predicted octanol–water partition coefficient (Wildman–Crippen LogP) is 3.10. The number of aryl methyl sites for hydroxylation is 1. The maximum absolute atomic E-state index is 5.82. The molecule has 0 atom stereocenters. The Balaban J connectivity index is 1.95. The van der Waals surface area contributed by atoms with Crippen molar-refractivity contribution < 1.29 is 4.74 Å². The molecule has 1 aliphatic rings. The molecule has 2 N–H and O–H groups in total. The third kappa shape index (κ3) is 2.18. The molecular weight excluding hydrogens is 294 g/mol. The SMILES string of the molecule is Nc1cc(Br)cc(Oc2ncnc3c2CCC3)c1. The normalized spacial score (nSPS) is 13.4. The van der Waals surface area contributed by atoms with Gasteiger partial charge < -0.3 is 10.5 Å². The van der Waals surface area contributed by atoms with Crippen LogP contribution in [0.4, 0.5) is 5.69 Å². The summed E-state index contributed by atoms with van der Waals surface area (Å²) in [5.41, 5.74) is 8.66. The smallest absolute Gasteiger partial charge is 0.225 e. The maximum atomic E-state index is 5.82. The molecule has 2 aromatic rings. The molecule has 1 aliphatic carbocycles. The fourth-order valence-corrected chi connectivity index (χ4v) is 2.66. The fraction of sp³-hybridized carbons (Fsp3) is 0.231. The first-order valence-corrected chi connectivity index (χ1v) is 6.58. The van der Waals surface area contributed by atoms with Crippen molar-refractivity contribution in [2.45, 2.75) is 19.3 Å². The average molecular weight is 306 g/mol. The van der Waals surface area contributed by atoms with Crippen LogP contribution in [0.2, 0.25) is 0 Å². The number of hydrogen-bond donors (Lipinski definition) is 1. The molecule has 0 saturated carbocycles. The molecule has 3 rings (SSSR count). The van der Waals surface area contributed by atoms with Gasteiger partial charge >= 0.3 is 0 Å². The van der Waals surface area contributed by atoms with Crippen LogP contribution in [0.15, 0.2) is 29.0 Å². The molecule has 1 aromatic heterocycles. The Morgan fingerprint density at radius 2 is 2.06 bits per heavy atom. The molecule has 5 heteroatoms. The van der Waals surface area contributed by atoms with E-state index >= 15 is 0 Å². The minimum Gasteiger partial charge on any atom is -0.439 e. The van der Waals surface area contributed by atoms with Gasteiger partial charge in [-0.25, -0.2) is 9.97 Å². The molecule has 0 spiro atoms. The number of halogens is 1. The second-order valence-electron chi connectivity index (χ2n) is 4.28. The third-order valence-electron chi connectivity index (χ3n) is 2.94. The lowest BCUT2D eigenvalue weighted by molar-refractivity contribution is 0.455. The lowest BCUT2D eigenvalue weighted by Gasteiger charge is -2.09. The Kier molecular flexibility index (Phi) is 2.91. The van der Waals surface area contributed by atoms with E-state index in [1.54, 1.807) is 12.4 Å². The molecule has 0 aliphatic heterocycles. The minimum atomic E-state index is 0.648. The van der Waals surface area contributed by atoms with E-state index in [1.165, 1.54) is 0 Å². The van der Waals surface area contributed by atoms with Gasteiger partial charge in [-0.05, 0) is 31.4 Å². The molecule has 0 radical (unpaired) electrons. The first-order chi connectivity index (χ1) is 8.72. The summed E-state index contributed by atoms with van der Waals surface area (Å²) in [6.07, 6.45) is 4.66. The lowest BCUT2D eigenvalue weighted by atomic mass is 10.2. The maximum Gasteiger partial charge on any atom is 0.225 e. The van der Waals surface area contributed by atoms with Gasteiger partial charge in [0, 0.05) is 21.8 Å². The second-order valence-corrected chi connectivity index (χ2v) is 5.20. The molecule has 0 unspecified atom stereocenters. The van der Waals surface area contributed by atoms with Crippen LogP contribution in [0, 0.1) is 0 Å². The van der Waals surface area contributed by atoms with Gasteiger partial charge in [-0.3, -0.25) is 0 Å². The largest absolute Gasteiger partial charge is 0.439 e. The Morgan fingerprint density at radius 3 is 2.89 bits per heavy atom. The first kappa shape index (κ1) is 11.5. The van der Waals surface area contributed by atoms with Gasteiger partial charge in [-0.15, -0.1) is 0 Å². The molecule has 0 bridgehead atoms. The number of fused-ring (bicyclic) bond motifs is 1. The summed E-state index contributed by atoms with van der Waals surface area (Å²) in [4.78, 5) is 8.49. The van der Waals surface area contributed by atoms with E-state index in [-0.39, 0.29) is 0 Å². The van der Waals surface area contributed by atoms with Gasteiger partial charge in [0.05, 0.1) is 5.69 Å². The molecule has 18 heavy (non-hydrogen) atoms. The number of anilines is 1. The van der Waals surface area contributed by atoms with E-state index in [4.69, 9.17) is 10.5 Å². The van der Waals surface area contributed by atoms with E-state index in [0.29, 0.717) is 17.3 Å². The highest BCUT2D eigenvalue weighted by Gasteiger charge is 2.18. The van der Waals surface area contributed by atoms with Gasteiger partial charge in [0.25, 0.3) is 0 Å². The Hall–Kier alpha value is -1.62. The molecule has 92 valence electrons. The van der Waals surface area contributed by atoms with Crippen molar-refractivity contribution in [3.8, 4) is 11.6 Å².